The molecule has 4 heterocycles. The summed E-state index contributed by atoms with van der Waals surface area (Å²) in [5.41, 5.74) is 8.84. The third-order valence-corrected chi connectivity index (χ3v) is 7.20. The molecule has 1 aliphatic carbocycles. The monoisotopic (exact) mass is 510 g/mol. The lowest BCUT2D eigenvalue weighted by molar-refractivity contribution is 0.122. The molecule has 1 saturated heterocycles. The number of likely N-dealkylation sites (N-methyl/N-ethyl adjacent to an activating group) is 1. The van der Waals surface area contributed by atoms with Gasteiger partial charge in [-0.3, -0.25) is 4.68 Å². The van der Waals surface area contributed by atoms with E-state index in [1.807, 2.05) is 12.4 Å². The minimum atomic E-state index is 0.578. The first-order valence-electron chi connectivity index (χ1n) is 13.2. The van der Waals surface area contributed by atoms with Crippen LogP contribution in [0.5, 0.6) is 0 Å². The molecule has 0 saturated carbocycles. The summed E-state index contributed by atoms with van der Waals surface area (Å²) >= 11 is 0. The second kappa shape index (κ2) is 10.2. The minimum absolute atomic E-state index is 0.578. The highest BCUT2D eigenvalue weighted by Crippen LogP contribution is 2.36. The lowest BCUT2D eigenvalue weighted by atomic mass is 10.1. The Morgan fingerprint density at radius 1 is 1.03 bits per heavy atom. The first kappa shape index (κ1) is 24.5. The van der Waals surface area contributed by atoms with Crippen LogP contribution in [0.3, 0.4) is 0 Å². The molecule has 0 radical (unpaired) electrons. The molecule has 9 heteroatoms. The predicted octanol–water partition coefficient (Wildman–Crippen LogP) is 3.64. The fourth-order valence-electron chi connectivity index (χ4n) is 5.07. The Labute approximate surface area is 223 Å². The molecule has 0 amide bonds. The number of nitrogens with zero attached hydrogens (tertiary/aromatic N) is 8. The maximum absolute atomic E-state index is 5.63. The molecule has 3 aromatic heterocycles. The lowest BCUT2D eigenvalue weighted by Crippen LogP contribution is -2.37. The zero-order valence-corrected chi connectivity index (χ0v) is 22.6. The standard InChI is InChI=1S/C29H34N8O/c1-20-6-5-7-22(14-20)24-18-30-37(19-24)29-31-27-17-23(26-15-21(2)36(33-26)9-8-34(3)4)16-25(27)28(32-29)35-10-12-38-13-11-35/h5-7,14-15,17-19H,8-13,16H2,1-4H3. The number of aromatic nitrogens is 6. The van der Waals surface area contributed by atoms with E-state index in [0.717, 1.165) is 66.5 Å². The number of rotatable bonds is 7. The number of hydrogen-bond acceptors (Lipinski definition) is 7. The molecule has 2 aliphatic rings. The number of hydrogen-bond donors (Lipinski definition) is 0. The van der Waals surface area contributed by atoms with Crippen LogP contribution in [0.1, 0.15) is 28.2 Å². The van der Waals surface area contributed by atoms with Gasteiger partial charge in [-0.2, -0.15) is 15.2 Å². The molecule has 4 aromatic rings. The molecule has 38 heavy (non-hydrogen) atoms. The van der Waals surface area contributed by atoms with E-state index in [1.54, 1.807) is 4.68 Å². The molecule has 9 nitrogen and oxygen atoms in total. The third-order valence-electron chi connectivity index (χ3n) is 7.20. The molecular formula is C29H34N8O. The van der Waals surface area contributed by atoms with Crippen molar-refractivity contribution in [1.82, 2.24) is 34.4 Å². The average molecular weight is 511 g/mol. The smallest absolute Gasteiger partial charge is 0.253 e. The van der Waals surface area contributed by atoms with Gasteiger partial charge in [-0.1, -0.05) is 29.8 Å². The van der Waals surface area contributed by atoms with Gasteiger partial charge in [0.1, 0.15) is 5.82 Å². The van der Waals surface area contributed by atoms with Gasteiger partial charge in [0.05, 0.1) is 37.3 Å². The minimum Gasteiger partial charge on any atom is -0.378 e. The number of aryl methyl sites for hydroxylation is 2. The first-order valence-corrected chi connectivity index (χ1v) is 13.2. The zero-order valence-electron chi connectivity index (χ0n) is 22.6. The van der Waals surface area contributed by atoms with Gasteiger partial charge in [0.2, 0.25) is 0 Å². The van der Waals surface area contributed by atoms with Crippen LogP contribution < -0.4 is 4.90 Å². The van der Waals surface area contributed by atoms with Crippen LogP contribution in [0.2, 0.25) is 0 Å². The lowest BCUT2D eigenvalue weighted by Gasteiger charge is -2.29. The van der Waals surface area contributed by atoms with Crippen molar-refractivity contribution < 1.29 is 4.74 Å². The Kier molecular flexibility index (Phi) is 6.55. The SMILES string of the molecule is Cc1cccc(-c2cnn(-c3nc4c(c(N5CCOCC5)n3)CC(c3cc(C)n(CCN(C)C)n3)=C4)c2)c1. The molecule has 0 N–H and O–H groups in total. The molecule has 1 fully saturated rings. The van der Waals surface area contributed by atoms with Crippen LogP contribution in [0.15, 0.2) is 42.7 Å². The van der Waals surface area contributed by atoms with Crippen molar-refractivity contribution in [3.8, 4) is 17.1 Å². The van der Waals surface area contributed by atoms with Crippen LogP contribution >= 0.6 is 0 Å². The molecule has 0 unspecified atom stereocenters. The summed E-state index contributed by atoms with van der Waals surface area (Å²) in [4.78, 5) is 14.5. The highest BCUT2D eigenvalue weighted by Gasteiger charge is 2.27. The van der Waals surface area contributed by atoms with E-state index < -0.39 is 0 Å². The van der Waals surface area contributed by atoms with Gasteiger partial charge in [-0.05, 0) is 51.2 Å². The van der Waals surface area contributed by atoms with Gasteiger partial charge < -0.3 is 14.5 Å². The maximum atomic E-state index is 5.63. The number of ether oxygens (including phenoxy) is 1. The summed E-state index contributed by atoms with van der Waals surface area (Å²) in [5.74, 6) is 1.55. The average Bonchev–Trinajstić information content (AvgIpc) is 3.65. The van der Waals surface area contributed by atoms with E-state index in [4.69, 9.17) is 19.8 Å². The molecule has 1 aromatic carbocycles. The van der Waals surface area contributed by atoms with Gasteiger partial charge in [0.15, 0.2) is 0 Å². The van der Waals surface area contributed by atoms with Crippen molar-refractivity contribution in [1.29, 1.82) is 0 Å². The number of morpholine rings is 1. The van der Waals surface area contributed by atoms with E-state index in [0.29, 0.717) is 19.2 Å². The van der Waals surface area contributed by atoms with Gasteiger partial charge in [-0.25, -0.2) is 9.67 Å². The fourth-order valence-corrected chi connectivity index (χ4v) is 5.07. The highest BCUT2D eigenvalue weighted by atomic mass is 16.5. The van der Waals surface area contributed by atoms with E-state index in [-0.39, 0.29) is 0 Å². The Morgan fingerprint density at radius 2 is 1.87 bits per heavy atom. The molecular weight excluding hydrogens is 476 g/mol. The summed E-state index contributed by atoms with van der Waals surface area (Å²) in [5, 5.41) is 9.58. The van der Waals surface area contributed by atoms with Gasteiger partial charge >= 0.3 is 0 Å². The maximum Gasteiger partial charge on any atom is 0.253 e. The second-order valence-corrected chi connectivity index (χ2v) is 10.4. The van der Waals surface area contributed by atoms with Crippen molar-refractivity contribution in [3.05, 3.63) is 70.9 Å². The summed E-state index contributed by atoms with van der Waals surface area (Å²) in [6.07, 6.45) is 6.83. The normalized spacial score (nSPS) is 15.3. The van der Waals surface area contributed by atoms with E-state index in [9.17, 15) is 0 Å². The van der Waals surface area contributed by atoms with Crippen LogP contribution in [0.25, 0.3) is 28.7 Å². The van der Waals surface area contributed by atoms with Crippen LogP contribution in [-0.4, -0.2) is 81.4 Å². The van der Waals surface area contributed by atoms with Gasteiger partial charge in [0, 0.05) is 49.1 Å². The van der Waals surface area contributed by atoms with Crippen molar-refractivity contribution in [2.24, 2.45) is 0 Å². The molecule has 0 atom stereocenters. The number of fused-ring (bicyclic) bond motifs is 1. The van der Waals surface area contributed by atoms with Crippen molar-refractivity contribution in [2.45, 2.75) is 26.8 Å². The van der Waals surface area contributed by atoms with Crippen LogP contribution in [0, 0.1) is 13.8 Å². The van der Waals surface area contributed by atoms with Crippen LogP contribution in [-0.2, 0) is 17.7 Å². The predicted molar refractivity (Wildman–Crippen MR) is 149 cm³/mol. The number of anilines is 1. The Bertz CT molecular complexity index is 1490. The summed E-state index contributed by atoms with van der Waals surface area (Å²) in [6, 6.07) is 10.6. The van der Waals surface area contributed by atoms with Crippen molar-refractivity contribution >= 4 is 17.5 Å². The topological polar surface area (TPSA) is 77.1 Å². The molecule has 1 aliphatic heterocycles. The third kappa shape index (κ3) is 4.87. The Balaban J connectivity index is 1.36. The number of benzene rings is 1. The van der Waals surface area contributed by atoms with Gasteiger partial charge in [0.25, 0.3) is 5.95 Å². The number of allylic oxidation sites excluding steroid dienone is 1. The second-order valence-electron chi connectivity index (χ2n) is 10.4. The highest BCUT2D eigenvalue weighted by molar-refractivity contribution is 5.88. The van der Waals surface area contributed by atoms with E-state index >= 15 is 0 Å². The van der Waals surface area contributed by atoms with Crippen molar-refractivity contribution in [2.75, 3.05) is 51.8 Å². The van der Waals surface area contributed by atoms with E-state index in [2.05, 4.69) is 83.9 Å². The molecule has 6 rings (SSSR count). The Hall–Kier alpha value is -3.82. The zero-order chi connectivity index (χ0) is 26.2. The summed E-state index contributed by atoms with van der Waals surface area (Å²) < 4.78 is 9.51. The summed E-state index contributed by atoms with van der Waals surface area (Å²) in [7, 11) is 4.17. The van der Waals surface area contributed by atoms with Crippen molar-refractivity contribution in [3.63, 3.8) is 0 Å². The fraction of sp³-hybridized carbons (Fsp3) is 0.379. The van der Waals surface area contributed by atoms with E-state index in [1.165, 1.54) is 16.8 Å². The van der Waals surface area contributed by atoms with Gasteiger partial charge in [-0.15, -0.1) is 0 Å². The molecule has 196 valence electrons. The summed E-state index contributed by atoms with van der Waals surface area (Å²) in [6.45, 7) is 9.05. The quantitative estimate of drug-likeness (QED) is 0.376. The largest absolute Gasteiger partial charge is 0.378 e. The van der Waals surface area contributed by atoms with Crippen LogP contribution in [0.4, 0.5) is 5.82 Å². The first-order chi connectivity index (χ1) is 18.4. The molecule has 0 spiro atoms. The Morgan fingerprint density at radius 3 is 2.66 bits per heavy atom. The molecule has 0 bridgehead atoms.